The zero-order valence-corrected chi connectivity index (χ0v) is 19.0. The van der Waals surface area contributed by atoms with Crippen molar-refractivity contribution in [1.29, 1.82) is 5.26 Å². The summed E-state index contributed by atoms with van der Waals surface area (Å²) in [7, 11) is 1.51. The van der Waals surface area contributed by atoms with Gasteiger partial charge in [-0.25, -0.2) is 4.98 Å². The first-order chi connectivity index (χ1) is 16.5. The molecule has 2 heterocycles. The maximum absolute atomic E-state index is 13.0. The lowest BCUT2D eigenvalue weighted by Gasteiger charge is -2.38. The molecule has 1 fully saturated rings. The minimum Gasteiger partial charge on any atom is -0.460 e. The topological polar surface area (TPSA) is 101 Å². The molecule has 0 spiro atoms. The summed E-state index contributed by atoms with van der Waals surface area (Å²) < 4.78 is 11.1. The summed E-state index contributed by atoms with van der Waals surface area (Å²) in [5.74, 6) is -0.00694. The Balaban J connectivity index is 1.65. The molecule has 1 unspecified atom stereocenters. The van der Waals surface area contributed by atoms with Crippen molar-refractivity contribution >= 4 is 11.6 Å². The summed E-state index contributed by atoms with van der Waals surface area (Å²) in [5, 5.41) is 9.37. The maximum atomic E-state index is 13.0. The molecule has 2 aromatic carbocycles. The summed E-state index contributed by atoms with van der Waals surface area (Å²) in [4.78, 5) is 19.3. The van der Waals surface area contributed by atoms with Crippen LogP contribution in [0.1, 0.15) is 24.8 Å². The van der Waals surface area contributed by atoms with Crippen molar-refractivity contribution in [2.24, 2.45) is 5.73 Å². The number of hydrogen-bond donors (Lipinski definition) is 1. The number of carbonyl (C=O) groups excluding carboxylic acids is 1. The molecule has 7 heteroatoms. The Morgan fingerprint density at radius 3 is 2.53 bits per heavy atom. The zero-order chi connectivity index (χ0) is 23.7. The van der Waals surface area contributed by atoms with Crippen molar-refractivity contribution in [2.45, 2.75) is 30.9 Å². The first kappa shape index (κ1) is 22.1. The molecule has 0 bridgehead atoms. The van der Waals surface area contributed by atoms with Gasteiger partial charge in [-0.15, -0.1) is 0 Å². The summed E-state index contributed by atoms with van der Waals surface area (Å²) in [6.45, 7) is -0.0249. The Bertz CT molecular complexity index is 1250. The van der Waals surface area contributed by atoms with Crippen LogP contribution in [0.15, 0.2) is 60.7 Å². The zero-order valence-electron chi connectivity index (χ0n) is 19.0. The van der Waals surface area contributed by atoms with Crippen LogP contribution in [0, 0.1) is 11.3 Å². The number of carbonyl (C=O) groups is 1. The average molecular weight is 455 g/mol. The molecular weight excluding hydrogens is 428 g/mol. The van der Waals surface area contributed by atoms with E-state index in [0.29, 0.717) is 11.6 Å². The number of fused-ring (bicyclic) bond motifs is 1. The SMILES string of the molecule is COCC1Oc2nc(-c3ccc(C4(N)CCC4)cc3)c(-c3ccccc3)cc2N(CC#N)C1=O. The van der Waals surface area contributed by atoms with Gasteiger partial charge in [0.2, 0.25) is 12.0 Å². The van der Waals surface area contributed by atoms with Crippen LogP contribution in [0.3, 0.4) is 0 Å². The van der Waals surface area contributed by atoms with Crippen molar-refractivity contribution in [3.8, 4) is 34.3 Å². The van der Waals surface area contributed by atoms with Crippen LogP contribution in [0.2, 0.25) is 0 Å². The number of benzene rings is 2. The van der Waals surface area contributed by atoms with Crippen molar-refractivity contribution in [2.75, 3.05) is 25.2 Å². The van der Waals surface area contributed by atoms with Gasteiger partial charge < -0.3 is 15.2 Å². The Kier molecular flexibility index (Phi) is 5.78. The third-order valence-corrected chi connectivity index (χ3v) is 6.67. The van der Waals surface area contributed by atoms with Crippen molar-refractivity contribution in [3.63, 3.8) is 0 Å². The van der Waals surface area contributed by atoms with Gasteiger partial charge in [0, 0.05) is 23.8 Å². The molecular formula is C27H26N4O3. The van der Waals surface area contributed by atoms with Gasteiger partial charge in [0.1, 0.15) is 12.2 Å². The number of nitrogens with zero attached hydrogens (tertiary/aromatic N) is 3. The molecule has 2 N–H and O–H groups in total. The van der Waals surface area contributed by atoms with Crippen LogP contribution >= 0.6 is 0 Å². The number of ether oxygens (including phenoxy) is 2. The third kappa shape index (κ3) is 3.81. The maximum Gasteiger partial charge on any atom is 0.271 e. The van der Waals surface area contributed by atoms with E-state index in [-0.39, 0.29) is 24.6 Å². The highest BCUT2D eigenvalue weighted by Crippen LogP contribution is 2.43. The molecule has 1 aliphatic carbocycles. The van der Waals surface area contributed by atoms with E-state index in [4.69, 9.17) is 20.2 Å². The molecule has 2 aliphatic rings. The first-order valence-corrected chi connectivity index (χ1v) is 11.4. The van der Waals surface area contributed by atoms with Gasteiger partial charge in [0.25, 0.3) is 5.91 Å². The lowest BCUT2D eigenvalue weighted by atomic mass is 9.72. The van der Waals surface area contributed by atoms with Gasteiger partial charge in [-0.1, -0.05) is 54.6 Å². The standard InChI is InChI=1S/C27H26N4O3/c1-33-17-23-26(32)31(15-14-28)22-16-21(18-6-3-2-4-7-18)24(30-25(22)34-23)19-8-10-20(11-9-19)27(29)12-5-13-27/h2-4,6-11,16,23H,5,12-13,15,17,29H2,1H3. The molecule has 1 atom stereocenters. The quantitative estimate of drug-likeness (QED) is 0.565. The first-order valence-electron chi connectivity index (χ1n) is 11.4. The number of amides is 1. The second-order valence-corrected chi connectivity index (χ2v) is 8.81. The second kappa shape index (κ2) is 8.90. The van der Waals surface area contributed by atoms with E-state index in [1.165, 1.54) is 12.0 Å². The molecule has 3 aromatic rings. The van der Waals surface area contributed by atoms with Crippen molar-refractivity contribution < 1.29 is 14.3 Å². The minimum absolute atomic E-state index is 0.0743. The molecule has 0 saturated heterocycles. The Hall–Kier alpha value is -3.73. The Morgan fingerprint density at radius 1 is 1.18 bits per heavy atom. The number of methoxy groups -OCH3 is 1. The van der Waals surface area contributed by atoms with E-state index in [1.807, 2.05) is 48.5 Å². The molecule has 1 aromatic heterocycles. The number of pyridine rings is 1. The van der Waals surface area contributed by atoms with E-state index in [2.05, 4.69) is 18.2 Å². The van der Waals surface area contributed by atoms with E-state index >= 15 is 0 Å². The van der Waals surface area contributed by atoms with E-state index in [0.717, 1.165) is 47.2 Å². The molecule has 7 nitrogen and oxygen atoms in total. The fourth-order valence-corrected chi connectivity index (χ4v) is 4.60. The number of aromatic nitrogens is 1. The smallest absolute Gasteiger partial charge is 0.271 e. The summed E-state index contributed by atoms with van der Waals surface area (Å²) in [6, 6.07) is 22.1. The number of rotatable bonds is 6. The highest BCUT2D eigenvalue weighted by atomic mass is 16.5. The molecule has 0 radical (unpaired) electrons. The van der Waals surface area contributed by atoms with E-state index < -0.39 is 6.10 Å². The van der Waals surface area contributed by atoms with Gasteiger partial charge in [0.05, 0.1) is 18.4 Å². The molecule has 1 aliphatic heterocycles. The molecule has 1 amide bonds. The molecule has 172 valence electrons. The van der Waals surface area contributed by atoms with Crippen LogP contribution in [-0.4, -0.2) is 37.3 Å². The number of hydrogen-bond acceptors (Lipinski definition) is 6. The van der Waals surface area contributed by atoms with Gasteiger partial charge in [-0.2, -0.15) is 5.26 Å². The van der Waals surface area contributed by atoms with Crippen LogP contribution in [0.4, 0.5) is 5.69 Å². The highest BCUT2D eigenvalue weighted by molar-refractivity contribution is 6.01. The monoisotopic (exact) mass is 454 g/mol. The molecule has 1 saturated carbocycles. The Labute approximate surface area is 198 Å². The predicted octanol–water partition coefficient (Wildman–Crippen LogP) is 4.02. The lowest BCUT2D eigenvalue weighted by Crippen LogP contribution is -2.48. The second-order valence-electron chi connectivity index (χ2n) is 8.81. The van der Waals surface area contributed by atoms with E-state index in [1.54, 1.807) is 0 Å². The minimum atomic E-state index is -0.855. The molecule has 34 heavy (non-hydrogen) atoms. The summed E-state index contributed by atoms with van der Waals surface area (Å²) in [6.07, 6.45) is 2.29. The van der Waals surface area contributed by atoms with Gasteiger partial charge in [0.15, 0.2) is 0 Å². The number of nitriles is 1. The number of anilines is 1. The summed E-state index contributed by atoms with van der Waals surface area (Å²) in [5.41, 5.74) is 11.3. The fraction of sp³-hybridized carbons (Fsp3) is 0.296. The van der Waals surface area contributed by atoms with Crippen LogP contribution in [0.5, 0.6) is 5.88 Å². The van der Waals surface area contributed by atoms with Gasteiger partial charge in [-0.05, 0) is 36.5 Å². The number of nitrogens with two attached hydrogens (primary N) is 1. The van der Waals surface area contributed by atoms with Gasteiger partial charge in [-0.3, -0.25) is 9.69 Å². The van der Waals surface area contributed by atoms with Crippen molar-refractivity contribution in [1.82, 2.24) is 4.98 Å². The normalized spacial score (nSPS) is 18.4. The Morgan fingerprint density at radius 2 is 1.91 bits per heavy atom. The fourth-order valence-electron chi connectivity index (χ4n) is 4.60. The predicted molar refractivity (Wildman–Crippen MR) is 129 cm³/mol. The largest absolute Gasteiger partial charge is 0.460 e. The van der Waals surface area contributed by atoms with E-state index in [9.17, 15) is 10.1 Å². The van der Waals surface area contributed by atoms with Crippen molar-refractivity contribution in [3.05, 3.63) is 66.2 Å². The molecule has 5 rings (SSSR count). The van der Waals surface area contributed by atoms with Gasteiger partial charge >= 0.3 is 0 Å². The van der Waals surface area contributed by atoms with Crippen LogP contribution in [0.25, 0.3) is 22.4 Å². The lowest BCUT2D eigenvalue weighted by molar-refractivity contribution is -0.128. The third-order valence-electron chi connectivity index (χ3n) is 6.67. The van der Waals surface area contributed by atoms with Crippen LogP contribution in [-0.2, 0) is 15.1 Å². The average Bonchev–Trinajstić information content (AvgIpc) is 2.85. The summed E-state index contributed by atoms with van der Waals surface area (Å²) >= 11 is 0. The highest BCUT2D eigenvalue weighted by Gasteiger charge is 2.37. The van der Waals surface area contributed by atoms with Crippen LogP contribution < -0.4 is 15.4 Å².